The van der Waals surface area contributed by atoms with Gasteiger partial charge in [-0.05, 0) is 44.1 Å². The summed E-state index contributed by atoms with van der Waals surface area (Å²) in [6.45, 7) is 2.19. The Morgan fingerprint density at radius 1 is 1.26 bits per heavy atom. The fourth-order valence-electron chi connectivity index (χ4n) is 2.33. The van der Waals surface area contributed by atoms with Gasteiger partial charge in [0, 0.05) is 5.69 Å². The van der Waals surface area contributed by atoms with Crippen LogP contribution in [0.2, 0.25) is 0 Å². The molecule has 1 saturated heterocycles. The average Bonchev–Trinajstić information content (AvgIpc) is 2.62. The highest BCUT2D eigenvalue weighted by Crippen LogP contribution is 2.17. The predicted molar refractivity (Wildman–Crippen MR) is 74.4 cm³/mol. The van der Waals surface area contributed by atoms with Crippen LogP contribution in [0.15, 0.2) is 18.2 Å². The van der Waals surface area contributed by atoms with Crippen LogP contribution >= 0.6 is 0 Å². The Morgan fingerprint density at radius 2 is 1.95 bits per heavy atom. The number of hydrogen-bond acceptors (Lipinski definition) is 3. The van der Waals surface area contributed by atoms with Crippen molar-refractivity contribution in [3.05, 3.63) is 24.0 Å². The van der Waals surface area contributed by atoms with Crippen LogP contribution in [0.25, 0.3) is 0 Å². The lowest BCUT2D eigenvalue weighted by molar-refractivity contribution is -0.117. The Kier molecular flexibility index (Phi) is 4.74. The van der Waals surface area contributed by atoms with Gasteiger partial charge >= 0.3 is 0 Å². The summed E-state index contributed by atoms with van der Waals surface area (Å²) in [7, 11) is 0. The fourth-order valence-corrected chi connectivity index (χ4v) is 2.33. The fraction of sp³-hybridized carbons (Fsp3) is 0.500. The number of nitrogens with two attached hydrogens (primary N) is 1. The number of anilines is 2. The maximum Gasteiger partial charge on any atom is 0.238 e. The smallest absolute Gasteiger partial charge is 0.238 e. The molecule has 104 valence electrons. The number of halogens is 1. The molecule has 0 bridgehead atoms. The second kappa shape index (κ2) is 6.52. The van der Waals surface area contributed by atoms with Gasteiger partial charge in [0.15, 0.2) is 0 Å². The third-order valence-corrected chi connectivity index (χ3v) is 3.33. The number of amides is 1. The van der Waals surface area contributed by atoms with E-state index in [1.54, 1.807) is 0 Å². The first-order chi connectivity index (χ1) is 9.15. The Bertz CT molecular complexity index is 442. The summed E-state index contributed by atoms with van der Waals surface area (Å²) in [5.74, 6) is -0.648. The Hall–Kier alpha value is -1.62. The van der Waals surface area contributed by atoms with Crippen LogP contribution in [0.4, 0.5) is 15.8 Å². The van der Waals surface area contributed by atoms with Crippen molar-refractivity contribution >= 4 is 17.3 Å². The van der Waals surface area contributed by atoms with E-state index in [1.807, 2.05) is 0 Å². The molecule has 0 radical (unpaired) electrons. The van der Waals surface area contributed by atoms with E-state index in [0.717, 1.165) is 25.9 Å². The normalized spacial score (nSPS) is 16.9. The molecule has 1 amide bonds. The molecule has 3 N–H and O–H groups in total. The number of carbonyl (C=O) groups excluding carboxylic acids is 1. The van der Waals surface area contributed by atoms with Gasteiger partial charge in [0.2, 0.25) is 5.91 Å². The maximum absolute atomic E-state index is 13.5. The van der Waals surface area contributed by atoms with Crippen LogP contribution in [0, 0.1) is 5.82 Å². The molecule has 4 nitrogen and oxygen atoms in total. The van der Waals surface area contributed by atoms with Crippen molar-refractivity contribution in [2.45, 2.75) is 25.7 Å². The maximum atomic E-state index is 13.5. The number of carbonyl (C=O) groups is 1. The van der Waals surface area contributed by atoms with Crippen molar-refractivity contribution in [3.8, 4) is 0 Å². The predicted octanol–water partition coefficient (Wildman–Crippen LogP) is 2.22. The molecule has 0 aliphatic carbocycles. The molecular weight excluding hydrogens is 245 g/mol. The largest absolute Gasteiger partial charge is 0.399 e. The Balaban J connectivity index is 1.91. The van der Waals surface area contributed by atoms with Crippen molar-refractivity contribution in [2.24, 2.45) is 0 Å². The van der Waals surface area contributed by atoms with E-state index < -0.39 is 5.82 Å². The monoisotopic (exact) mass is 265 g/mol. The molecule has 0 unspecified atom stereocenters. The summed E-state index contributed by atoms with van der Waals surface area (Å²) < 4.78 is 13.5. The standard InChI is InChI=1S/C14H20FN3O/c15-12-6-5-11(16)9-13(12)17-14(19)10-18-7-3-1-2-4-8-18/h5-6,9H,1-4,7-8,10,16H2,(H,17,19). The molecule has 1 aliphatic heterocycles. The summed E-state index contributed by atoms with van der Waals surface area (Å²) in [5.41, 5.74) is 6.17. The van der Waals surface area contributed by atoms with Crippen LogP contribution in [-0.4, -0.2) is 30.4 Å². The van der Waals surface area contributed by atoms with Crippen LogP contribution in [0.3, 0.4) is 0 Å². The van der Waals surface area contributed by atoms with Crippen molar-refractivity contribution in [1.29, 1.82) is 0 Å². The first-order valence-corrected chi connectivity index (χ1v) is 6.72. The molecule has 1 aromatic rings. The molecule has 1 aliphatic rings. The number of likely N-dealkylation sites (tertiary alicyclic amines) is 1. The summed E-state index contributed by atoms with van der Waals surface area (Å²) in [6, 6.07) is 4.17. The van der Waals surface area contributed by atoms with Crippen LogP contribution in [-0.2, 0) is 4.79 Å². The number of nitrogen functional groups attached to an aromatic ring is 1. The highest BCUT2D eigenvalue weighted by molar-refractivity contribution is 5.92. The Morgan fingerprint density at radius 3 is 2.63 bits per heavy atom. The molecule has 1 fully saturated rings. The minimum absolute atomic E-state index is 0.153. The minimum atomic E-state index is -0.460. The molecule has 0 atom stereocenters. The van der Waals surface area contributed by atoms with Gasteiger partial charge in [-0.25, -0.2) is 4.39 Å². The van der Waals surface area contributed by atoms with Gasteiger partial charge < -0.3 is 11.1 Å². The molecule has 2 rings (SSSR count). The number of nitrogens with one attached hydrogen (secondary N) is 1. The lowest BCUT2D eigenvalue weighted by Gasteiger charge is -2.19. The van der Waals surface area contributed by atoms with E-state index in [0.29, 0.717) is 12.2 Å². The lowest BCUT2D eigenvalue weighted by Crippen LogP contribution is -2.34. The Labute approximate surface area is 112 Å². The third kappa shape index (κ3) is 4.21. The van der Waals surface area contributed by atoms with Crippen LogP contribution in [0.1, 0.15) is 25.7 Å². The minimum Gasteiger partial charge on any atom is -0.399 e. The molecular formula is C14H20FN3O. The van der Waals surface area contributed by atoms with Crippen molar-refractivity contribution in [1.82, 2.24) is 4.90 Å². The highest BCUT2D eigenvalue weighted by Gasteiger charge is 2.14. The van der Waals surface area contributed by atoms with Gasteiger partial charge in [0.25, 0.3) is 0 Å². The zero-order valence-electron chi connectivity index (χ0n) is 11.0. The van der Waals surface area contributed by atoms with E-state index in [-0.39, 0.29) is 11.6 Å². The molecule has 5 heteroatoms. The molecule has 1 heterocycles. The van der Waals surface area contributed by atoms with Crippen molar-refractivity contribution in [2.75, 3.05) is 30.7 Å². The number of nitrogens with zero attached hydrogens (tertiary/aromatic N) is 1. The summed E-state index contributed by atoms with van der Waals surface area (Å²) in [6.07, 6.45) is 4.70. The highest BCUT2D eigenvalue weighted by atomic mass is 19.1. The van der Waals surface area contributed by atoms with Crippen molar-refractivity contribution < 1.29 is 9.18 Å². The van der Waals surface area contributed by atoms with E-state index in [9.17, 15) is 9.18 Å². The molecule has 0 aromatic heterocycles. The average molecular weight is 265 g/mol. The first kappa shape index (κ1) is 13.8. The summed E-state index contributed by atoms with van der Waals surface area (Å²) in [4.78, 5) is 14.0. The quantitative estimate of drug-likeness (QED) is 0.824. The van der Waals surface area contributed by atoms with Gasteiger partial charge in [-0.3, -0.25) is 9.69 Å². The second-order valence-electron chi connectivity index (χ2n) is 4.98. The van der Waals surface area contributed by atoms with E-state index in [4.69, 9.17) is 5.73 Å². The first-order valence-electron chi connectivity index (χ1n) is 6.72. The van der Waals surface area contributed by atoms with E-state index in [1.165, 1.54) is 31.0 Å². The second-order valence-corrected chi connectivity index (χ2v) is 4.98. The van der Waals surface area contributed by atoms with Gasteiger partial charge in [-0.1, -0.05) is 12.8 Å². The van der Waals surface area contributed by atoms with E-state index in [2.05, 4.69) is 10.2 Å². The number of hydrogen-bond donors (Lipinski definition) is 2. The van der Waals surface area contributed by atoms with E-state index >= 15 is 0 Å². The number of benzene rings is 1. The lowest BCUT2D eigenvalue weighted by atomic mass is 10.2. The molecule has 1 aromatic carbocycles. The van der Waals surface area contributed by atoms with Crippen LogP contribution in [0.5, 0.6) is 0 Å². The summed E-state index contributed by atoms with van der Waals surface area (Å²) in [5, 5.41) is 2.58. The molecule has 0 saturated carbocycles. The van der Waals surface area contributed by atoms with Gasteiger partial charge in [0.05, 0.1) is 12.2 Å². The van der Waals surface area contributed by atoms with Gasteiger partial charge in [0.1, 0.15) is 5.82 Å². The zero-order chi connectivity index (χ0) is 13.7. The van der Waals surface area contributed by atoms with Gasteiger partial charge in [-0.2, -0.15) is 0 Å². The SMILES string of the molecule is Nc1ccc(F)c(NC(=O)CN2CCCCCC2)c1. The summed E-state index contributed by atoms with van der Waals surface area (Å²) >= 11 is 0. The number of rotatable bonds is 3. The van der Waals surface area contributed by atoms with Crippen molar-refractivity contribution in [3.63, 3.8) is 0 Å². The third-order valence-electron chi connectivity index (χ3n) is 3.33. The van der Waals surface area contributed by atoms with Gasteiger partial charge in [-0.15, -0.1) is 0 Å². The zero-order valence-corrected chi connectivity index (χ0v) is 11.0. The topological polar surface area (TPSA) is 58.4 Å². The molecule has 19 heavy (non-hydrogen) atoms. The molecule has 0 spiro atoms. The van der Waals surface area contributed by atoms with Crippen LogP contribution < -0.4 is 11.1 Å².